The first kappa shape index (κ1) is 12.4. The standard InChI is InChI=1S/C9H13NO6/c11-1-2-16-8(13)5-10-4-6(9(14)15)3-7(10)12/h6,11H,1-5H2,(H,14,15). The van der Waals surface area contributed by atoms with Crippen LogP contribution in [0.5, 0.6) is 0 Å². The van der Waals surface area contributed by atoms with Crippen LogP contribution in [0.1, 0.15) is 6.42 Å². The van der Waals surface area contributed by atoms with Crippen molar-refractivity contribution in [3.05, 3.63) is 0 Å². The van der Waals surface area contributed by atoms with E-state index in [9.17, 15) is 14.4 Å². The van der Waals surface area contributed by atoms with Crippen molar-refractivity contribution in [3.8, 4) is 0 Å². The molecule has 90 valence electrons. The normalized spacial score (nSPS) is 19.9. The quantitative estimate of drug-likeness (QED) is 0.555. The zero-order valence-electron chi connectivity index (χ0n) is 8.59. The molecule has 1 fully saturated rings. The fraction of sp³-hybridized carbons (Fsp3) is 0.667. The number of hydrogen-bond acceptors (Lipinski definition) is 5. The van der Waals surface area contributed by atoms with E-state index in [-0.39, 0.29) is 38.6 Å². The van der Waals surface area contributed by atoms with E-state index in [0.29, 0.717) is 0 Å². The smallest absolute Gasteiger partial charge is 0.325 e. The monoisotopic (exact) mass is 231 g/mol. The number of carbonyl (C=O) groups is 3. The average Bonchev–Trinajstić information content (AvgIpc) is 2.57. The first-order valence-corrected chi connectivity index (χ1v) is 4.81. The molecule has 0 aliphatic carbocycles. The van der Waals surface area contributed by atoms with Gasteiger partial charge in [0.1, 0.15) is 13.2 Å². The van der Waals surface area contributed by atoms with Gasteiger partial charge in [0.15, 0.2) is 0 Å². The summed E-state index contributed by atoms with van der Waals surface area (Å²) in [7, 11) is 0. The lowest BCUT2D eigenvalue weighted by Gasteiger charge is -2.14. The number of carbonyl (C=O) groups excluding carboxylic acids is 2. The van der Waals surface area contributed by atoms with E-state index in [4.69, 9.17) is 10.2 Å². The Balaban J connectivity index is 2.41. The number of aliphatic carboxylic acids is 1. The number of amides is 1. The summed E-state index contributed by atoms with van der Waals surface area (Å²) in [5, 5.41) is 17.1. The second kappa shape index (κ2) is 5.45. The number of likely N-dealkylation sites (tertiary alicyclic amines) is 1. The number of esters is 1. The van der Waals surface area contributed by atoms with Gasteiger partial charge in [-0.3, -0.25) is 14.4 Å². The first-order valence-electron chi connectivity index (χ1n) is 4.81. The highest BCUT2D eigenvalue weighted by molar-refractivity contribution is 5.88. The van der Waals surface area contributed by atoms with Crippen molar-refractivity contribution in [3.63, 3.8) is 0 Å². The van der Waals surface area contributed by atoms with Crippen LogP contribution in [-0.4, -0.2) is 59.3 Å². The fourth-order valence-electron chi connectivity index (χ4n) is 1.45. The number of nitrogens with zero attached hydrogens (tertiary/aromatic N) is 1. The van der Waals surface area contributed by atoms with Gasteiger partial charge in [0.05, 0.1) is 12.5 Å². The van der Waals surface area contributed by atoms with Crippen LogP contribution in [0.15, 0.2) is 0 Å². The molecule has 1 heterocycles. The number of rotatable bonds is 5. The summed E-state index contributed by atoms with van der Waals surface area (Å²) < 4.78 is 4.57. The molecule has 0 aromatic rings. The van der Waals surface area contributed by atoms with E-state index < -0.39 is 17.9 Å². The topological polar surface area (TPSA) is 104 Å². The molecule has 1 aliphatic rings. The lowest BCUT2D eigenvalue weighted by atomic mass is 10.1. The van der Waals surface area contributed by atoms with Gasteiger partial charge in [-0.25, -0.2) is 0 Å². The summed E-state index contributed by atoms with van der Waals surface area (Å²) in [5.74, 6) is -2.81. The minimum atomic E-state index is -1.04. The van der Waals surface area contributed by atoms with Crippen molar-refractivity contribution in [2.45, 2.75) is 6.42 Å². The Bertz CT molecular complexity index is 302. The Labute approximate surface area is 91.6 Å². The van der Waals surface area contributed by atoms with Crippen molar-refractivity contribution in [1.82, 2.24) is 4.90 Å². The van der Waals surface area contributed by atoms with Crippen LogP contribution in [0, 0.1) is 5.92 Å². The number of ether oxygens (including phenoxy) is 1. The Morgan fingerprint density at radius 3 is 2.69 bits per heavy atom. The molecule has 1 amide bonds. The summed E-state index contributed by atoms with van der Waals surface area (Å²) in [6.07, 6.45) is -0.0807. The van der Waals surface area contributed by atoms with Gasteiger partial charge in [-0.1, -0.05) is 0 Å². The molecule has 1 unspecified atom stereocenters. The molecular weight excluding hydrogens is 218 g/mol. The second-order valence-electron chi connectivity index (χ2n) is 3.46. The van der Waals surface area contributed by atoms with Gasteiger partial charge >= 0.3 is 11.9 Å². The van der Waals surface area contributed by atoms with Crippen LogP contribution in [0.25, 0.3) is 0 Å². The summed E-state index contributed by atoms with van der Waals surface area (Å²) >= 11 is 0. The largest absolute Gasteiger partial charge is 0.481 e. The summed E-state index contributed by atoms with van der Waals surface area (Å²) in [6.45, 7) is -0.633. The minimum absolute atomic E-state index is 0.0302. The summed E-state index contributed by atoms with van der Waals surface area (Å²) in [5.41, 5.74) is 0. The van der Waals surface area contributed by atoms with Gasteiger partial charge in [-0.2, -0.15) is 0 Å². The van der Waals surface area contributed by atoms with E-state index >= 15 is 0 Å². The van der Waals surface area contributed by atoms with Crippen molar-refractivity contribution in [1.29, 1.82) is 0 Å². The summed E-state index contributed by atoms with van der Waals surface area (Å²) in [6, 6.07) is 0. The van der Waals surface area contributed by atoms with Crippen molar-refractivity contribution >= 4 is 17.8 Å². The van der Waals surface area contributed by atoms with Crippen LogP contribution >= 0.6 is 0 Å². The van der Waals surface area contributed by atoms with Crippen molar-refractivity contribution < 1.29 is 29.3 Å². The third-order valence-corrected chi connectivity index (χ3v) is 2.24. The Morgan fingerprint density at radius 1 is 1.50 bits per heavy atom. The highest BCUT2D eigenvalue weighted by Gasteiger charge is 2.35. The molecule has 2 N–H and O–H groups in total. The third kappa shape index (κ3) is 3.20. The molecule has 0 spiro atoms. The van der Waals surface area contributed by atoms with Gasteiger partial charge in [0, 0.05) is 13.0 Å². The molecule has 0 bridgehead atoms. The summed E-state index contributed by atoms with van der Waals surface area (Å²) in [4.78, 5) is 34.2. The van der Waals surface area contributed by atoms with E-state index in [1.165, 1.54) is 0 Å². The molecule has 7 heteroatoms. The van der Waals surface area contributed by atoms with E-state index in [0.717, 1.165) is 4.90 Å². The fourth-order valence-corrected chi connectivity index (χ4v) is 1.45. The molecule has 1 saturated heterocycles. The molecule has 0 aromatic heterocycles. The molecule has 0 saturated carbocycles. The maximum Gasteiger partial charge on any atom is 0.325 e. The second-order valence-corrected chi connectivity index (χ2v) is 3.46. The van der Waals surface area contributed by atoms with E-state index in [1.807, 2.05) is 0 Å². The Morgan fingerprint density at radius 2 is 2.19 bits per heavy atom. The van der Waals surface area contributed by atoms with Gasteiger partial charge in [-0.05, 0) is 0 Å². The van der Waals surface area contributed by atoms with Crippen molar-refractivity contribution in [2.24, 2.45) is 5.92 Å². The number of carboxylic acid groups (broad SMARTS) is 1. The predicted octanol–water partition coefficient (Wildman–Crippen LogP) is -1.54. The Kier molecular flexibility index (Phi) is 4.24. The van der Waals surface area contributed by atoms with Crippen LogP contribution in [-0.2, 0) is 19.1 Å². The highest BCUT2D eigenvalue weighted by Crippen LogP contribution is 2.17. The zero-order chi connectivity index (χ0) is 12.1. The first-order chi connectivity index (χ1) is 7.54. The maximum absolute atomic E-state index is 11.3. The molecule has 0 aromatic carbocycles. The number of carboxylic acids is 1. The van der Waals surface area contributed by atoms with E-state index in [2.05, 4.69) is 4.74 Å². The number of aliphatic hydroxyl groups is 1. The molecule has 1 atom stereocenters. The van der Waals surface area contributed by atoms with Gasteiger partial charge in [0.25, 0.3) is 0 Å². The van der Waals surface area contributed by atoms with Crippen LogP contribution in [0.4, 0.5) is 0 Å². The molecular formula is C9H13NO6. The SMILES string of the molecule is O=C(CN1CC(C(=O)O)CC1=O)OCCO. The Hall–Kier alpha value is -1.63. The zero-order valence-corrected chi connectivity index (χ0v) is 8.59. The number of hydrogen-bond donors (Lipinski definition) is 2. The highest BCUT2D eigenvalue weighted by atomic mass is 16.5. The lowest BCUT2D eigenvalue weighted by molar-refractivity contribution is -0.149. The average molecular weight is 231 g/mol. The molecule has 1 aliphatic heterocycles. The molecule has 1 rings (SSSR count). The van der Waals surface area contributed by atoms with Crippen LogP contribution < -0.4 is 0 Å². The van der Waals surface area contributed by atoms with Gasteiger partial charge in [0.2, 0.25) is 5.91 Å². The van der Waals surface area contributed by atoms with Crippen LogP contribution in [0.3, 0.4) is 0 Å². The molecule has 16 heavy (non-hydrogen) atoms. The van der Waals surface area contributed by atoms with Crippen LogP contribution in [0.2, 0.25) is 0 Å². The predicted molar refractivity (Wildman–Crippen MR) is 50.4 cm³/mol. The van der Waals surface area contributed by atoms with E-state index in [1.54, 1.807) is 0 Å². The molecule has 0 radical (unpaired) electrons. The van der Waals surface area contributed by atoms with Gasteiger partial charge in [-0.15, -0.1) is 0 Å². The van der Waals surface area contributed by atoms with Gasteiger partial charge < -0.3 is 19.8 Å². The lowest BCUT2D eigenvalue weighted by Crippen LogP contribution is -2.33. The maximum atomic E-state index is 11.3. The van der Waals surface area contributed by atoms with Crippen molar-refractivity contribution in [2.75, 3.05) is 26.3 Å². The minimum Gasteiger partial charge on any atom is -0.481 e. The number of aliphatic hydroxyl groups excluding tert-OH is 1. The molecule has 7 nitrogen and oxygen atoms in total. The third-order valence-electron chi connectivity index (χ3n) is 2.24.